The summed E-state index contributed by atoms with van der Waals surface area (Å²) in [4.78, 5) is 20.1. The molecule has 1 aromatic heterocycles. The summed E-state index contributed by atoms with van der Waals surface area (Å²) in [5.41, 5.74) is 7.00. The summed E-state index contributed by atoms with van der Waals surface area (Å²) in [7, 11) is 0. The van der Waals surface area contributed by atoms with E-state index in [9.17, 15) is 4.79 Å². The molecule has 0 bridgehead atoms. The Morgan fingerprint density at radius 2 is 1.95 bits per heavy atom. The van der Waals surface area contributed by atoms with E-state index in [1.54, 1.807) is 48.8 Å². The van der Waals surface area contributed by atoms with Crippen LogP contribution in [-0.4, -0.2) is 16.8 Å². The van der Waals surface area contributed by atoms with Crippen LogP contribution in [-0.2, 0) is 9.63 Å². The maximum atomic E-state index is 11.5. The van der Waals surface area contributed by atoms with Gasteiger partial charge in [0.15, 0.2) is 5.84 Å². The lowest BCUT2D eigenvalue weighted by Gasteiger charge is -1.99. The first-order valence-electron chi connectivity index (χ1n) is 6.04. The van der Waals surface area contributed by atoms with Gasteiger partial charge in [-0.3, -0.25) is 4.98 Å². The van der Waals surface area contributed by atoms with Gasteiger partial charge in [0.25, 0.3) is 0 Å². The molecule has 0 fully saturated rings. The van der Waals surface area contributed by atoms with E-state index in [4.69, 9.17) is 22.2 Å². The second kappa shape index (κ2) is 7.21. The van der Waals surface area contributed by atoms with Gasteiger partial charge < -0.3 is 10.6 Å². The standard InChI is InChI=1S/C15H12ClN3O2/c16-13-4-2-1-3-11(13)5-6-14(20)21-19-15(17)12-7-9-18-10-8-12/h1-10H,(H2,17,19)/b6-5+. The summed E-state index contributed by atoms with van der Waals surface area (Å²) < 4.78 is 0. The molecule has 0 atom stereocenters. The van der Waals surface area contributed by atoms with E-state index in [1.165, 1.54) is 6.08 Å². The van der Waals surface area contributed by atoms with E-state index in [0.29, 0.717) is 16.1 Å². The molecule has 0 amide bonds. The van der Waals surface area contributed by atoms with Crippen molar-refractivity contribution in [1.29, 1.82) is 0 Å². The molecular formula is C15H12ClN3O2. The lowest BCUT2D eigenvalue weighted by molar-refractivity contribution is -0.137. The van der Waals surface area contributed by atoms with Gasteiger partial charge in [0.2, 0.25) is 0 Å². The average molecular weight is 302 g/mol. The molecule has 2 rings (SSSR count). The number of amidine groups is 1. The van der Waals surface area contributed by atoms with Crippen molar-refractivity contribution in [1.82, 2.24) is 4.98 Å². The van der Waals surface area contributed by atoms with Gasteiger partial charge >= 0.3 is 5.97 Å². The first kappa shape index (κ1) is 14.7. The minimum absolute atomic E-state index is 0.0943. The third-order valence-electron chi connectivity index (χ3n) is 2.51. The van der Waals surface area contributed by atoms with Crippen LogP contribution in [0.5, 0.6) is 0 Å². The second-order valence-electron chi connectivity index (χ2n) is 3.98. The lowest BCUT2D eigenvalue weighted by Crippen LogP contribution is -2.14. The van der Waals surface area contributed by atoms with Crippen LogP contribution in [0.25, 0.3) is 6.08 Å². The number of rotatable bonds is 4. The molecule has 0 aliphatic carbocycles. The topological polar surface area (TPSA) is 77.6 Å². The van der Waals surface area contributed by atoms with Gasteiger partial charge in [-0.05, 0) is 29.8 Å². The smallest absolute Gasteiger partial charge is 0.358 e. The molecule has 0 spiro atoms. The van der Waals surface area contributed by atoms with Gasteiger partial charge in [-0.25, -0.2) is 4.79 Å². The maximum Gasteiger partial charge on any atom is 0.358 e. The number of halogens is 1. The SMILES string of the molecule is N/C(=N/OC(=O)/C=C/c1ccccc1Cl)c1ccncc1. The Balaban J connectivity index is 1.98. The number of benzene rings is 1. The Hall–Kier alpha value is -2.66. The Bertz CT molecular complexity index is 684. The highest BCUT2D eigenvalue weighted by Crippen LogP contribution is 2.16. The largest absolute Gasteiger partial charge is 0.380 e. The van der Waals surface area contributed by atoms with Crippen LogP contribution < -0.4 is 5.73 Å². The van der Waals surface area contributed by atoms with Crippen molar-refractivity contribution in [2.75, 3.05) is 0 Å². The summed E-state index contributed by atoms with van der Waals surface area (Å²) in [5.74, 6) is -0.552. The summed E-state index contributed by atoms with van der Waals surface area (Å²) in [6.45, 7) is 0. The molecule has 0 aliphatic heterocycles. The second-order valence-corrected chi connectivity index (χ2v) is 4.38. The molecular weight excluding hydrogens is 290 g/mol. The minimum atomic E-state index is -0.646. The van der Waals surface area contributed by atoms with Gasteiger partial charge in [-0.2, -0.15) is 0 Å². The summed E-state index contributed by atoms with van der Waals surface area (Å²) in [6.07, 6.45) is 5.90. The normalized spacial score (nSPS) is 11.6. The molecule has 2 N–H and O–H groups in total. The van der Waals surface area contributed by atoms with E-state index in [2.05, 4.69) is 10.1 Å². The fourth-order valence-corrected chi connectivity index (χ4v) is 1.67. The molecule has 0 radical (unpaired) electrons. The van der Waals surface area contributed by atoms with Crippen molar-refractivity contribution in [2.45, 2.75) is 0 Å². The third-order valence-corrected chi connectivity index (χ3v) is 2.86. The van der Waals surface area contributed by atoms with Crippen LogP contribution in [0.2, 0.25) is 5.02 Å². The van der Waals surface area contributed by atoms with Crippen molar-refractivity contribution in [3.05, 3.63) is 71.0 Å². The molecule has 6 heteroatoms. The molecule has 0 aliphatic rings. The van der Waals surface area contributed by atoms with Crippen LogP contribution in [0.4, 0.5) is 0 Å². The van der Waals surface area contributed by atoms with Crippen molar-refractivity contribution in [3.63, 3.8) is 0 Å². The highest BCUT2D eigenvalue weighted by atomic mass is 35.5. The molecule has 0 unspecified atom stereocenters. The van der Waals surface area contributed by atoms with Gasteiger partial charge in [0.05, 0.1) is 0 Å². The first-order chi connectivity index (χ1) is 10.2. The highest BCUT2D eigenvalue weighted by Gasteiger charge is 2.01. The molecule has 0 saturated heterocycles. The number of nitrogens with zero attached hydrogens (tertiary/aromatic N) is 2. The van der Waals surface area contributed by atoms with Gasteiger partial charge in [-0.15, -0.1) is 0 Å². The van der Waals surface area contributed by atoms with Crippen molar-refractivity contribution >= 4 is 29.5 Å². The molecule has 1 heterocycles. The number of carbonyl (C=O) groups excluding carboxylic acids is 1. The zero-order valence-corrected chi connectivity index (χ0v) is 11.7. The van der Waals surface area contributed by atoms with Crippen LogP contribution in [0.15, 0.2) is 60.0 Å². The number of carbonyl (C=O) groups is 1. The highest BCUT2D eigenvalue weighted by molar-refractivity contribution is 6.32. The zero-order valence-electron chi connectivity index (χ0n) is 10.9. The molecule has 106 valence electrons. The predicted molar refractivity (Wildman–Crippen MR) is 81.5 cm³/mol. The van der Waals surface area contributed by atoms with E-state index >= 15 is 0 Å². The molecule has 2 aromatic rings. The van der Waals surface area contributed by atoms with Gasteiger partial charge in [0, 0.05) is 29.1 Å². The molecule has 5 nitrogen and oxygen atoms in total. The Morgan fingerprint density at radius 3 is 2.67 bits per heavy atom. The van der Waals surface area contributed by atoms with Crippen LogP contribution in [0.1, 0.15) is 11.1 Å². The van der Waals surface area contributed by atoms with Crippen LogP contribution in [0, 0.1) is 0 Å². The monoisotopic (exact) mass is 301 g/mol. The van der Waals surface area contributed by atoms with Crippen molar-refractivity contribution in [2.24, 2.45) is 10.9 Å². The zero-order chi connectivity index (χ0) is 15.1. The van der Waals surface area contributed by atoms with E-state index < -0.39 is 5.97 Å². The number of pyridine rings is 1. The quantitative estimate of drug-likeness (QED) is 0.309. The fraction of sp³-hybridized carbons (Fsp3) is 0. The predicted octanol–water partition coefficient (Wildman–Crippen LogP) is 2.61. The van der Waals surface area contributed by atoms with Crippen molar-refractivity contribution in [3.8, 4) is 0 Å². The number of nitrogens with two attached hydrogens (primary N) is 1. The fourth-order valence-electron chi connectivity index (χ4n) is 1.47. The maximum absolute atomic E-state index is 11.5. The minimum Gasteiger partial charge on any atom is -0.380 e. The van der Waals surface area contributed by atoms with Gasteiger partial charge in [-0.1, -0.05) is 35.0 Å². The molecule has 21 heavy (non-hydrogen) atoms. The Morgan fingerprint density at radius 1 is 1.24 bits per heavy atom. The number of aromatic nitrogens is 1. The first-order valence-corrected chi connectivity index (χ1v) is 6.42. The van der Waals surface area contributed by atoms with E-state index in [1.807, 2.05) is 6.07 Å². The average Bonchev–Trinajstić information content (AvgIpc) is 2.52. The van der Waals surface area contributed by atoms with Crippen LogP contribution >= 0.6 is 11.6 Å². The summed E-state index contributed by atoms with van der Waals surface area (Å²) >= 11 is 5.96. The number of hydrogen-bond acceptors (Lipinski definition) is 4. The van der Waals surface area contributed by atoms with E-state index in [-0.39, 0.29) is 5.84 Å². The summed E-state index contributed by atoms with van der Waals surface area (Å²) in [6, 6.07) is 10.4. The number of hydrogen-bond donors (Lipinski definition) is 1. The third kappa shape index (κ3) is 4.43. The Labute approximate surface area is 126 Å². The van der Waals surface area contributed by atoms with Crippen molar-refractivity contribution < 1.29 is 9.63 Å². The molecule has 1 aromatic carbocycles. The van der Waals surface area contributed by atoms with E-state index in [0.717, 1.165) is 0 Å². The molecule has 0 saturated carbocycles. The van der Waals surface area contributed by atoms with Gasteiger partial charge in [0.1, 0.15) is 0 Å². The lowest BCUT2D eigenvalue weighted by atomic mass is 10.2. The van der Waals surface area contributed by atoms with Crippen LogP contribution in [0.3, 0.4) is 0 Å². The number of oxime groups is 1. The summed E-state index contributed by atoms with van der Waals surface area (Å²) in [5, 5.41) is 4.10. The Kier molecular flexibility index (Phi) is 5.06.